The van der Waals surface area contributed by atoms with E-state index in [-0.39, 0.29) is 0 Å². The highest BCUT2D eigenvalue weighted by Crippen LogP contribution is 2.19. The molecule has 1 aromatic rings. The van der Waals surface area contributed by atoms with E-state index in [0.717, 1.165) is 30.5 Å². The normalized spacial score (nSPS) is 21.1. The Kier molecular flexibility index (Phi) is 5.67. The number of nitrogens with one attached hydrogen (secondary N) is 1. The highest BCUT2D eigenvalue weighted by atomic mass is 79.9. The molecule has 0 aromatic heterocycles. The maximum atomic E-state index is 5.74. The molecule has 2 nitrogen and oxygen atoms in total. The molecule has 0 aliphatic carbocycles. The summed E-state index contributed by atoms with van der Waals surface area (Å²) in [6, 6.07) is 9.15. The minimum Gasteiger partial charge on any atom is -0.378 e. The van der Waals surface area contributed by atoms with Crippen LogP contribution in [0.4, 0.5) is 0 Å². The topological polar surface area (TPSA) is 21.3 Å². The third kappa shape index (κ3) is 4.38. The first kappa shape index (κ1) is 14.0. The third-order valence-corrected chi connectivity index (χ3v) is 3.99. The Morgan fingerprint density at radius 2 is 2.17 bits per heavy atom. The monoisotopic (exact) mass is 311 g/mol. The molecule has 2 unspecified atom stereocenters. The number of rotatable bonds is 6. The van der Waals surface area contributed by atoms with Crippen molar-refractivity contribution in [1.82, 2.24) is 5.32 Å². The number of ether oxygens (including phenoxy) is 1. The summed E-state index contributed by atoms with van der Waals surface area (Å²) in [5.41, 5.74) is 1.39. The van der Waals surface area contributed by atoms with Gasteiger partial charge in [0.2, 0.25) is 0 Å². The second kappa shape index (κ2) is 7.27. The molecule has 1 aromatic carbocycles. The van der Waals surface area contributed by atoms with Gasteiger partial charge in [-0.25, -0.2) is 0 Å². The number of hydrogen-bond donors (Lipinski definition) is 1. The van der Waals surface area contributed by atoms with Gasteiger partial charge in [-0.1, -0.05) is 35.0 Å². The number of hydrogen-bond acceptors (Lipinski definition) is 2. The second-order valence-electron chi connectivity index (χ2n) is 4.96. The van der Waals surface area contributed by atoms with Crippen molar-refractivity contribution in [2.45, 2.75) is 44.8 Å². The summed E-state index contributed by atoms with van der Waals surface area (Å²) in [6.07, 6.45) is 5.12. The summed E-state index contributed by atoms with van der Waals surface area (Å²) >= 11 is 3.48. The SMILES string of the molecule is CCNC(Cc1ccc(Br)cc1)CC1CCCO1. The molecule has 3 heteroatoms. The van der Waals surface area contributed by atoms with Gasteiger partial charge in [-0.05, 0) is 49.9 Å². The molecule has 100 valence electrons. The zero-order valence-corrected chi connectivity index (χ0v) is 12.6. The van der Waals surface area contributed by atoms with Crippen LogP contribution >= 0.6 is 15.9 Å². The molecule has 0 bridgehead atoms. The first-order valence-electron chi connectivity index (χ1n) is 6.87. The third-order valence-electron chi connectivity index (χ3n) is 3.46. The fourth-order valence-corrected chi connectivity index (χ4v) is 2.84. The van der Waals surface area contributed by atoms with Crippen molar-refractivity contribution in [2.75, 3.05) is 13.2 Å². The molecule has 2 rings (SSSR count). The zero-order chi connectivity index (χ0) is 12.8. The highest BCUT2D eigenvalue weighted by molar-refractivity contribution is 9.10. The Bertz CT molecular complexity index is 346. The Balaban J connectivity index is 1.90. The lowest BCUT2D eigenvalue weighted by Gasteiger charge is -2.21. The van der Waals surface area contributed by atoms with E-state index in [4.69, 9.17) is 4.74 Å². The largest absolute Gasteiger partial charge is 0.378 e. The quantitative estimate of drug-likeness (QED) is 0.867. The van der Waals surface area contributed by atoms with Crippen LogP contribution in [0.2, 0.25) is 0 Å². The maximum Gasteiger partial charge on any atom is 0.0590 e. The van der Waals surface area contributed by atoms with Gasteiger partial charge in [0.25, 0.3) is 0 Å². The summed E-state index contributed by atoms with van der Waals surface area (Å²) in [4.78, 5) is 0. The molecule has 1 aliphatic rings. The van der Waals surface area contributed by atoms with Crippen molar-refractivity contribution >= 4 is 15.9 Å². The summed E-state index contributed by atoms with van der Waals surface area (Å²) in [5.74, 6) is 0. The second-order valence-corrected chi connectivity index (χ2v) is 5.87. The van der Waals surface area contributed by atoms with Crippen LogP contribution in [-0.4, -0.2) is 25.3 Å². The molecule has 1 fully saturated rings. The van der Waals surface area contributed by atoms with Crippen molar-refractivity contribution in [2.24, 2.45) is 0 Å². The predicted molar refractivity (Wildman–Crippen MR) is 78.9 cm³/mol. The molecule has 1 N–H and O–H groups in total. The Morgan fingerprint density at radius 3 is 2.78 bits per heavy atom. The van der Waals surface area contributed by atoms with Gasteiger partial charge in [-0.2, -0.15) is 0 Å². The Labute approximate surface area is 118 Å². The van der Waals surface area contributed by atoms with Crippen LogP contribution in [0.3, 0.4) is 0 Å². The fourth-order valence-electron chi connectivity index (χ4n) is 2.58. The maximum absolute atomic E-state index is 5.74. The minimum atomic E-state index is 0.462. The number of likely N-dealkylation sites (N-methyl/N-ethyl adjacent to an activating group) is 1. The van der Waals surface area contributed by atoms with Gasteiger partial charge in [0, 0.05) is 17.1 Å². The van der Waals surface area contributed by atoms with E-state index in [1.54, 1.807) is 0 Å². The molecule has 2 atom stereocenters. The van der Waals surface area contributed by atoms with Crippen LogP contribution in [0, 0.1) is 0 Å². The van der Waals surface area contributed by atoms with Gasteiger partial charge in [0.1, 0.15) is 0 Å². The van der Waals surface area contributed by atoms with E-state index in [9.17, 15) is 0 Å². The predicted octanol–water partition coefficient (Wildman–Crippen LogP) is 3.54. The molecule has 1 saturated heterocycles. The Morgan fingerprint density at radius 1 is 1.39 bits per heavy atom. The molecule has 0 spiro atoms. The molecule has 1 aliphatic heterocycles. The van der Waals surface area contributed by atoms with E-state index < -0.39 is 0 Å². The summed E-state index contributed by atoms with van der Waals surface area (Å²) < 4.78 is 6.88. The Hall–Kier alpha value is -0.380. The van der Waals surface area contributed by atoms with Gasteiger partial charge in [-0.15, -0.1) is 0 Å². The molecule has 1 heterocycles. The van der Waals surface area contributed by atoms with E-state index in [2.05, 4.69) is 52.4 Å². The zero-order valence-electron chi connectivity index (χ0n) is 11.0. The van der Waals surface area contributed by atoms with Gasteiger partial charge < -0.3 is 10.1 Å². The summed E-state index contributed by atoms with van der Waals surface area (Å²) in [5, 5.41) is 3.58. The van der Waals surface area contributed by atoms with Crippen molar-refractivity contribution in [3.63, 3.8) is 0 Å². The molecule has 0 amide bonds. The van der Waals surface area contributed by atoms with Gasteiger partial charge in [0.15, 0.2) is 0 Å². The van der Waals surface area contributed by atoms with Crippen LogP contribution in [0.5, 0.6) is 0 Å². The lowest BCUT2D eigenvalue weighted by molar-refractivity contribution is 0.0948. The summed E-state index contributed by atoms with van der Waals surface area (Å²) in [6.45, 7) is 4.14. The molecular formula is C15H22BrNO. The van der Waals surface area contributed by atoms with Crippen LogP contribution in [0.25, 0.3) is 0 Å². The van der Waals surface area contributed by atoms with Crippen molar-refractivity contribution in [3.8, 4) is 0 Å². The minimum absolute atomic E-state index is 0.462. The first-order valence-corrected chi connectivity index (χ1v) is 7.66. The lowest BCUT2D eigenvalue weighted by atomic mass is 9.99. The molecule has 0 radical (unpaired) electrons. The van der Waals surface area contributed by atoms with E-state index >= 15 is 0 Å². The van der Waals surface area contributed by atoms with Crippen LogP contribution in [-0.2, 0) is 11.2 Å². The molecular weight excluding hydrogens is 290 g/mol. The van der Waals surface area contributed by atoms with Gasteiger partial charge in [-0.3, -0.25) is 0 Å². The smallest absolute Gasteiger partial charge is 0.0590 e. The van der Waals surface area contributed by atoms with E-state index in [1.165, 1.54) is 18.4 Å². The lowest BCUT2D eigenvalue weighted by Crippen LogP contribution is -2.34. The van der Waals surface area contributed by atoms with E-state index in [1.807, 2.05) is 0 Å². The number of halogens is 1. The van der Waals surface area contributed by atoms with Crippen molar-refractivity contribution in [1.29, 1.82) is 0 Å². The van der Waals surface area contributed by atoms with Crippen LogP contribution in [0.15, 0.2) is 28.7 Å². The fraction of sp³-hybridized carbons (Fsp3) is 0.600. The van der Waals surface area contributed by atoms with Crippen molar-refractivity contribution < 1.29 is 4.74 Å². The van der Waals surface area contributed by atoms with E-state index in [0.29, 0.717) is 12.1 Å². The summed E-state index contributed by atoms with van der Waals surface area (Å²) in [7, 11) is 0. The first-order chi connectivity index (χ1) is 8.78. The number of benzene rings is 1. The molecule has 0 saturated carbocycles. The highest BCUT2D eigenvalue weighted by Gasteiger charge is 2.20. The van der Waals surface area contributed by atoms with Gasteiger partial charge in [0.05, 0.1) is 6.10 Å². The van der Waals surface area contributed by atoms with Crippen molar-refractivity contribution in [3.05, 3.63) is 34.3 Å². The molecule has 18 heavy (non-hydrogen) atoms. The van der Waals surface area contributed by atoms with Crippen LogP contribution in [0.1, 0.15) is 31.7 Å². The van der Waals surface area contributed by atoms with Crippen LogP contribution < -0.4 is 5.32 Å². The van der Waals surface area contributed by atoms with Gasteiger partial charge >= 0.3 is 0 Å². The average molecular weight is 312 g/mol. The average Bonchev–Trinajstić information content (AvgIpc) is 2.85. The standard InChI is InChI=1S/C15H22BrNO/c1-2-17-14(11-15-4-3-9-18-15)10-12-5-7-13(16)8-6-12/h5-8,14-15,17H,2-4,9-11H2,1H3.